The van der Waals surface area contributed by atoms with Gasteiger partial charge >= 0.3 is 0 Å². The van der Waals surface area contributed by atoms with E-state index in [0.29, 0.717) is 52.1 Å². The fraction of sp³-hybridized carbons (Fsp3) is 0.400. The number of ether oxygens (including phenoxy) is 2. The average molecular weight is 558 g/mol. The second-order valence-corrected chi connectivity index (χ2v) is 10.9. The molecule has 1 aromatic carbocycles. The number of hydrogen-bond acceptors (Lipinski definition) is 8. The lowest BCUT2D eigenvalue weighted by Crippen LogP contribution is -2.43. The van der Waals surface area contributed by atoms with Crippen LogP contribution in [0.25, 0.3) is 22.2 Å². The molecule has 4 heterocycles. The third-order valence-electron chi connectivity index (χ3n) is 7.90. The summed E-state index contributed by atoms with van der Waals surface area (Å²) >= 11 is 0. The number of benzene rings is 1. The van der Waals surface area contributed by atoms with E-state index < -0.39 is 0 Å². The number of piperidine rings is 1. The van der Waals surface area contributed by atoms with Gasteiger partial charge in [-0.15, -0.1) is 0 Å². The maximum Gasteiger partial charge on any atom is 0.293 e. The van der Waals surface area contributed by atoms with Gasteiger partial charge in [0.05, 0.1) is 36.7 Å². The van der Waals surface area contributed by atoms with Crippen LogP contribution in [-0.2, 0) is 7.05 Å². The molecule has 11 nitrogen and oxygen atoms in total. The Kier molecular flexibility index (Phi) is 7.36. The highest BCUT2D eigenvalue weighted by atomic mass is 16.5. The number of likely N-dealkylation sites (tertiary alicyclic amines) is 1. The molecule has 1 saturated heterocycles. The van der Waals surface area contributed by atoms with Crippen molar-refractivity contribution in [1.82, 2.24) is 29.7 Å². The number of aromatic nitrogens is 4. The summed E-state index contributed by atoms with van der Waals surface area (Å²) in [5, 5.41) is 6.38. The SMILES string of the molecule is COc1cc(C(=O)NC2CCN(C)CC2)ccc1Nc1ncc2c(n1)c(-c1cc[nH]c1)c(OCC1CC1)c(=O)n2C. The minimum Gasteiger partial charge on any atom is -0.495 e. The van der Waals surface area contributed by atoms with Crippen LogP contribution in [0, 0.1) is 5.92 Å². The van der Waals surface area contributed by atoms with E-state index in [2.05, 4.69) is 32.5 Å². The molecule has 1 aliphatic heterocycles. The summed E-state index contributed by atoms with van der Waals surface area (Å²) < 4.78 is 13.3. The molecule has 0 spiro atoms. The van der Waals surface area contributed by atoms with Crippen molar-refractivity contribution in [2.24, 2.45) is 13.0 Å². The summed E-state index contributed by atoms with van der Waals surface area (Å²) in [4.78, 5) is 40.9. The Bertz CT molecular complexity index is 1620. The minimum atomic E-state index is -0.227. The summed E-state index contributed by atoms with van der Waals surface area (Å²) in [5.41, 5.74) is 3.51. The molecule has 0 atom stereocenters. The van der Waals surface area contributed by atoms with Crippen molar-refractivity contribution in [3.05, 3.63) is 58.8 Å². The van der Waals surface area contributed by atoms with Crippen LogP contribution in [-0.4, -0.2) is 70.2 Å². The van der Waals surface area contributed by atoms with E-state index in [1.807, 2.05) is 12.3 Å². The number of aromatic amines is 1. The highest BCUT2D eigenvalue weighted by molar-refractivity contribution is 5.96. The normalized spacial score (nSPS) is 16.1. The van der Waals surface area contributed by atoms with E-state index in [1.54, 1.807) is 44.8 Å². The highest BCUT2D eigenvalue weighted by Gasteiger charge is 2.26. The topological polar surface area (TPSA) is 126 Å². The summed E-state index contributed by atoms with van der Waals surface area (Å²) in [7, 11) is 5.35. The van der Waals surface area contributed by atoms with Gasteiger partial charge in [-0.05, 0) is 76.0 Å². The first-order chi connectivity index (χ1) is 19.9. The smallest absolute Gasteiger partial charge is 0.293 e. The molecule has 11 heteroatoms. The van der Waals surface area contributed by atoms with Gasteiger partial charge in [-0.3, -0.25) is 9.59 Å². The number of anilines is 2. The van der Waals surface area contributed by atoms with Gasteiger partial charge in [-0.25, -0.2) is 9.97 Å². The Labute approximate surface area is 237 Å². The molecule has 1 saturated carbocycles. The fourth-order valence-corrected chi connectivity index (χ4v) is 5.19. The third kappa shape index (κ3) is 5.62. The van der Waals surface area contributed by atoms with Crippen LogP contribution in [0.3, 0.4) is 0 Å². The van der Waals surface area contributed by atoms with Crippen LogP contribution in [0.4, 0.5) is 11.6 Å². The zero-order chi connectivity index (χ0) is 28.5. The predicted molar refractivity (Wildman–Crippen MR) is 157 cm³/mol. The Morgan fingerprint density at radius 3 is 2.66 bits per heavy atom. The van der Waals surface area contributed by atoms with Gasteiger partial charge in [-0.1, -0.05) is 0 Å². The van der Waals surface area contributed by atoms with Gasteiger partial charge < -0.3 is 34.6 Å². The second kappa shape index (κ2) is 11.2. The molecule has 0 radical (unpaired) electrons. The van der Waals surface area contributed by atoms with Gasteiger partial charge in [-0.2, -0.15) is 0 Å². The van der Waals surface area contributed by atoms with Gasteiger partial charge in [0.25, 0.3) is 11.5 Å². The second-order valence-electron chi connectivity index (χ2n) is 10.9. The standard InChI is InChI=1S/C30H35N7O4/c1-36-12-9-21(10-13-36)33-28(38)19-6-7-22(24(14-19)40-3)34-30-32-16-23-26(35-30)25(20-8-11-31-15-20)27(29(39)37(23)2)41-17-18-4-5-18/h6-8,11,14-16,18,21,31H,4-5,9-10,12-13,17H2,1-3H3,(H,33,38)(H,32,34,35). The first-order valence-corrected chi connectivity index (χ1v) is 14.0. The van der Waals surface area contributed by atoms with Crippen LogP contribution in [0.15, 0.2) is 47.7 Å². The van der Waals surface area contributed by atoms with Crippen LogP contribution in [0.1, 0.15) is 36.0 Å². The number of carbonyl (C=O) groups excluding carboxylic acids is 1. The maximum atomic E-state index is 13.3. The molecule has 214 valence electrons. The van der Waals surface area contributed by atoms with Gasteiger partial charge in [0.15, 0.2) is 5.75 Å². The summed E-state index contributed by atoms with van der Waals surface area (Å²) in [6.07, 6.45) is 9.35. The number of aryl methyl sites for hydroxylation is 1. The van der Waals surface area contributed by atoms with Crippen molar-refractivity contribution in [1.29, 1.82) is 0 Å². The van der Waals surface area contributed by atoms with Crippen LogP contribution < -0.4 is 25.7 Å². The lowest BCUT2D eigenvalue weighted by molar-refractivity contribution is 0.0916. The lowest BCUT2D eigenvalue weighted by atomic mass is 10.0. The fourth-order valence-electron chi connectivity index (χ4n) is 5.19. The molecule has 1 aliphatic carbocycles. The van der Waals surface area contributed by atoms with Crippen LogP contribution in [0.5, 0.6) is 11.5 Å². The summed E-state index contributed by atoms with van der Waals surface area (Å²) in [5.74, 6) is 1.46. The van der Waals surface area contributed by atoms with E-state index in [-0.39, 0.29) is 23.3 Å². The number of nitrogens with one attached hydrogen (secondary N) is 3. The molecule has 2 aliphatic rings. The number of methoxy groups -OCH3 is 1. The Hall–Kier alpha value is -4.38. The summed E-state index contributed by atoms with van der Waals surface area (Å²) in [6, 6.07) is 7.32. The van der Waals surface area contributed by atoms with Crippen molar-refractivity contribution in [3.8, 4) is 22.6 Å². The van der Waals surface area contributed by atoms with Crippen molar-refractivity contribution in [2.45, 2.75) is 31.7 Å². The summed E-state index contributed by atoms with van der Waals surface area (Å²) in [6.45, 7) is 2.44. The lowest BCUT2D eigenvalue weighted by Gasteiger charge is -2.29. The molecule has 2 fully saturated rings. The largest absolute Gasteiger partial charge is 0.495 e. The van der Waals surface area contributed by atoms with E-state index in [0.717, 1.165) is 44.3 Å². The Morgan fingerprint density at radius 1 is 1.15 bits per heavy atom. The number of amides is 1. The molecule has 0 unspecified atom stereocenters. The van der Waals surface area contributed by atoms with E-state index in [1.165, 1.54) is 4.57 Å². The number of pyridine rings is 1. The number of rotatable bonds is 9. The minimum absolute atomic E-state index is 0.123. The number of hydrogen-bond donors (Lipinski definition) is 3. The third-order valence-corrected chi connectivity index (χ3v) is 7.90. The molecule has 4 aromatic rings. The first-order valence-electron chi connectivity index (χ1n) is 14.0. The first kappa shape index (κ1) is 26.8. The zero-order valence-corrected chi connectivity index (χ0v) is 23.6. The average Bonchev–Trinajstić information content (AvgIpc) is 3.66. The monoisotopic (exact) mass is 557 g/mol. The van der Waals surface area contributed by atoms with E-state index in [9.17, 15) is 9.59 Å². The number of fused-ring (bicyclic) bond motifs is 1. The quantitative estimate of drug-likeness (QED) is 0.285. The van der Waals surface area contributed by atoms with Crippen molar-refractivity contribution >= 4 is 28.6 Å². The van der Waals surface area contributed by atoms with E-state index >= 15 is 0 Å². The van der Waals surface area contributed by atoms with Crippen LogP contribution >= 0.6 is 0 Å². The van der Waals surface area contributed by atoms with E-state index in [4.69, 9.17) is 14.5 Å². The zero-order valence-electron chi connectivity index (χ0n) is 23.6. The van der Waals surface area contributed by atoms with Crippen molar-refractivity contribution in [3.63, 3.8) is 0 Å². The number of carbonyl (C=O) groups is 1. The molecule has 0 bridgehead atoms. The molecule has 1 amide bonds. The Balaban J connectivity index is 1.31. The van der Waals surface area contributed by atoms with Crippen LogP contribution in [0.2, 0.25) is 0 Å². The molecular formula is C30H35N7O4. The molecular weight excluding hydrogens is 522 g/mol. The molecule has 6 rings (SSSR count). The predicted octanol–water partition coefficient (Wildman–Crippen LogP) is 3.69. The van der Waals surface area contributed by atoms with Gasteiger partial charge in [0.2, 0.25) is 5.95 Å². The number of H-pyrrole nitrogens is 1. The van der Waals surface area contributed by atoms with Gasteiger partial charge in [0, 0.05) is 36.6 Å². The molecule has 3 aromatic heterocycles. The maximum absolute atomic E-state index is 13.3. The Morgan fingerprint density at radius 2 is 1.95 bits per heavy atom. The molecule has 41 heavy (non-hydrogen) atoms. The van der Waals surface area contributed by atoms with Crippen molar-refractivity contribution < 1.29 is 14.3 Å². The highest BCUT2D eigenvalue weighted by Crippen LogP contribution is 2.36. The van der Waals surface area contributed by atoms with Crippen molar-refractivity contribution in [2.75, 3.05) is 39.2 Å². The van der Waals surface area contributed by atoms with Gasteiger partial charge in [0.1, 0.15) is 11.3 Å². The number of nitrogens with zero attached hydrogens (tertiary/aromatic N) is 4. The molecule has 3 N–H and O–H groups in total.